The molecule has 1 saturated carbocycles. The first-order valence-electron chi connectivity index (χ1n) is 13.9. The summed E-state index contributed by atoms with van der Waals surface area (Å²) in [5, 5.41) is 5.60. The van der Waals surface area contributed by atoms with E-state index in [-0.39, 0.29) is 29.4 Å². The Kier molecular flexibility index (Phi) is 11.7. The Balaban J connectivity index is 1.92. The Bertz CT molecular complexity index is 1090. The minimum absolute atomic E-state index is 0.0413. The molecule has 3 N–H and O–H groups in total. The molecule has 0 radical (unpaired) electrons. The van der Waals surface area contributed by atoms with E-state index in [9.17, 15) is 27.6 Å². The largest absolute Gasteiger partial charge is 0.444 e. The van der Waals surface area contributed by atoms with E-state index in [1.165, 1.54) is 6.92 Å². The van der Waals surface area contributed by atoms with Crippen molar-refractivity contribution < 1.29 is 32.3 Å². The van der Waals surface area contributed by atoms with E-state index in [1.807, 2.05) is 30.7 Å². The second kappa shape index (κ2) is 13.7. The number of nitrogens with one attached hydrogen (secondary N) is 3. The van der Waals surface area contributed by atoms with Gasteiger partial charge in [0.15, 0.2) is 5.78 Å². The van der Waals surface area contributed by atoms with Crippen molar-refractivity contribution in [3.05, 3.63) is 12.2 Å². The number of rotatable bonds is 13. The molecule has 11 nitrogen and oxygen atoms in total. The average molecular weight is 603 g/mol. The lowest BCUT2D eigenvalue weighted by atomic mass is 9.92. The van der Waals surface area contributed by atoms with E-state index in [0.717, 1.165) is 25.5 Å². The number of carbonyl (C=O) groups is 4. The summed E-state index contributed by atoms with van der Waals surface area (Å²) in [5.74, 6) is -0.772. The van der Waals surface area contributed by atoms with Crippen molar-refractivity contribution in [1.82, 2.24) is 20.0 Å². The molecule has 1 saturated heterocycles. The van der Waals surface area contributed by atoms with Crippen molar-refractivity contribution in [1.29, 1.82) is 0 Å². The van der Waals surface area contributed by atoms with Gasteiger partial charge in [0.25, 0.3) is 5.91 Å². The van der Waals surface area contributed by atoms with Gasteiger partial charge in [-0.05, 0) is 65.2 Å². The van der Waals surface area contributed by atoms with Gasteiger partial charge >= 0.3 is 6.09 Å². The topological polar surface area (TPSA) is 151 Å². The lowest BCUT2D eigenvalue weighted by molar-refractivity contribution is -0.139. The molecule has 2 fully saturated rings. The molecular weight excluding hydrogens is 555 g/mol. The number of alkyl carbamates (subject to hydrolysis) is 1. The number of carbonyl (C=O) groups excluding carboxylic acids is 4. The summed E-state index contributed by atoms with van der Waals surface area (Å²) in [6, 6.07) is -1.29. The van der Waals surface area contributed by atoms with Crippen LogP contribution in [0.15, 0.2) is 12.2 Å². The molecule has 0 spiro atoms. The number of Topliss-reactive ketones (excluding diaryl/α,β-unsaturated/α-hetero) is 1. The van der Waals surface area contributed by atoms with Gasteiger partial charge < -0.3 is 15.0 Å². The highest BCUT2D eigenvalue weighted by molar-refractivity contribution is 7.89. The van der Waals surface area contributed by atoms with Gasteiger partial charge in [0.1, 0.15) is 17.2 Å². The van der Waals surface area contributed by atoms with Gasteiger partial charge in [0.05, 0.1) is 12.3 Å². The molecule has 0 aromatic carbocycles. The molecular formula is C27H47N4O7PS. The highest BCUT2D eigenvalue weighted by atomic mass is 32.2. The van der Waals surface area contributed by atoms with Crippen LogP contribution in [-0.2, 0) is 29.1 Å². The Labute approximate surface area is 241 Å². The molecule has 0 aromatic heterocycles. The number of ether oxygens (including phenoxy) is 1. The maximum atomic E-state index is 13.5. The van der Waals surface area contributed by atoms with Crippen LogP contribution in [-0.4, -0.2) is 73.0 Å². The summed E-state index contributed by atoms with van der Waals surface area (Å²) in [7, 11) is -1.35. The van der Waals surface area contributed by atoms with E-state index in [2.05, 4.69) is 19.8 Å². The molecule has 2 unspecified atom stereocenters. The van der Waals surface area contributed by atoms with Gasteiger partial charge in [-0.1, -0.05) is 48.2 Å². The highest BCUT2D eigenvalue weighted by Gasteiger charge is 2.58. The number of hydrogen-bond donors (Lipinski definition) is 3. The molecule has 0 aromatic rings. The van der Waals surface area contributed by atoms with Gasteiger partial charge in [-0.3, -0.25) is 24.2 Å². The summed E-state index contributed by atoms with van der Waals surface area (Å²) in [6.07, 6.45) is 8.18. The van der Waals surface area contributed by atoms with Gasteiger partial charge in [0, 0.05) is 12.5 Å². The molecule has 228 valence electrons. The number of sulfonamides is 1. The number of amides is 3. The quantitative estimate of drug-likeness (QED) is 0.165. The first-order valence-corrected chi connectivity index (χ1v) is 16.4. The fraction of sp³-hybridized carbons (Fsp3) is 0.778. The molecule has 1 aliphatic heterocycles. The number of hydrogen-bond acceptors (Lipinski definition) is 8. The monoisotopic (exact) mass is 602 g/mol. The van der Waals surface area contributed by atoms with Crippen LogP contribution in [0.2, 0.25) is 0 Å². The third-order valence-corrected chi connectivity index (χ3v) is 8.66. The molecule has 1 aliphatic carbocycles. The number of unbranched alkanes of at least 4 members (excludes halogenated alkanes) is 3. The SMILES string of the molecule is CC(=O)[C@@H]1C(C)[C@@H](C)CN1C(=O)[C@H](CCCCC/C=C/[C@@H]1C[C@]1(NP)C(=O)NS(C)(=O)=O)NC(=O)OC(C)(C)C. The second-order valence-electron chi connectivity index (χ2n) is 12.3. The number of allylic oxidation sites excluding steroid dienone is 1. The standard InChI is InChI=1S/C27H47N4O7PS/c1-17-16-31(22(18(17)2)19(3)32)23(33)21(28-25(35)38-26(4,5)6)14-12-10-8-9-11-13-20-15-27(20,30-39)24(34)29-40(7,36)37/h11,13,17-18,20-22,30H,8-10,12,14-16,39H2,1-7H3,(H,28,35)(H,29,34)/b13-11+/t17-,18?,20+,21-,22-,27+/m0/s1. The van der Waals surface area contributed by atoms with Crippen LogP contribution >= 0.6 is 9.39 Å². The van der Waals surface area contributed by atoms with Crippen molar-refractivity contribution in [3.8, 4) is 0 Å². The Morgan fingerprint density at radius 3 is 2.35 bits per heavy atom. The third-order valence-electron chi connectivity index (χ3n) is 7.59. The fourth-order valence-corrected chi connectivity index (χ4v) is 6.21. The molecule has 1 heterocycles. The predicted molar refractivity (Wildman–Crippen MR) is 157 cm³/mol. The van der Waals surface area contributed by atoms with E-state index in [1.54, 1.807) is 25.7 Å². The molecule has 2 aliphatic rings. The van der Waals surface area contributed by atoms with Crippen LogP contribution < -0.4 is 15.1 Å². The lowest BCUT2D eigenvalue weighted by Crippen LogP contribution is -2.52. The zero-order valence-corrected chi connectivity index (χ0v) is 26.8. The van der Waals surface area contributed by atoms with Crippen molar-refractivity contribution in [2.75, 3.05) is 12.8 Å². The van der Waals surface area contributed by atoms with Crippen molar-refractivity contribution in [2.45, 2.75) is 103 Å². The first-order chi connectivity index (χ1) is 18.4. The molecule has 40 heavy (non-hydrogen) atoms. The number of ketones is 1. The Morgan fingerprint density at radius 2 is 1.80 bits per heavy atom. The summed E-state index contributed by atoms with van der Waals surface area (Å²) >= 11 is 0. The molecule has 7 atom stereocenters. The minimum Gasteiger partial charge on any atom is -0.444 e. The summed E-state index contributed by atoms with van der Waals surface area (Å²) in [4.78, 5) is 52.4. The second-order valence-corrected chi connectivity index (χ2v) is 14.3. The van der Waals surface area contributed by atoms with E-state index in [4.69, 9.17) is 4.74 Å². The van der Waals surface area contributed by atoms with Crippen molar-refractivity contribution in [2.24, 2.45) is 17.8 Å². The van der Waals surface area contributed by atoms with Crippen molar-refractivity contribution >= 4 is 43.1 Å². The maximum Gasteiger partial charge on any atom is 0.408 e. The average Bonchev–Trinajstić information content (AvgIpc) is 3.45. The number of likely N-dealkylation sites (tertiary alicyclic amines) is 1. The highest BCUT2D eigenvalue weighted by Crippen LogP contribution is 2.45. The zero-order chi connectivity index (χ0) is 30.5. The molecule has 0 bridgehead atoms. The van der Waals surface area contributed by atoms with Gasteiger partial charge in [-0.2, -0.15) is 0 Å². The van der Waals surface area contributed by atoms with Crippen LogP contribution in [0.3, 0.4) is 0 Å². The normalized spacial score (nSPS) is 27.4. The van der Waals surface area contributed by atoms with Crippen LogP contribution in [0.5, 0.6) is 0 Å². The maximum absolute atomic E-state index is 13.5. The predicted octanol–water partition coefficient (Wildman–Crippen LogP) is 2.67. The van der Waals surface area contributed by atoms with Crippen LogP contribution in [0.25, 0.3) is 0 Å². The van der Waals surface area contributed by atoms with Gasteiger partial charge in [-0.25, -0.2) is 13.2 Å². The van der Waals surface area contributed by atoms with Gasteiger partial charge in [-0.15, -0.1) is 0 Å². The van der Waals surface area contributed by atoms with E-state index >= 15 is 0 Å². The first kappa shape index (κ1) is 34.2. The lowest BCUT2D eigenvalue weighted by Gasteiger charge is -2.30. The number of nitrogens with zero attached hydrogens (tertiary/aromatic N) is 1. The fourth-order valence-electron chi connectivity index (χ4n) is 5.23. The minimum atomic E-state index is -3.63. The van der Waals surface area contributed by atoms with E-state index < -0.39 is 45.2 Å². The smallest absolute Gasteiger partial charge is 0.408 e. The van der Waals surface area contributed by atoms with Crippen molar-refractivity contribution in [3.63, 3.8) is 0 Å². The van der Waals surface area contributed by atoms with Gasteiger partial charge in [0.2, 0.25) is 15.9 Å². The zero-order valence-electron chi connectivity index (χ0n) is 24.8. The molecule has 2 rings (SSSR count). The summed E-state index contributed by atoms with van der Waals surface area (Å²) < 4.78 is 30.2. The summed E-state index contributed by atoms with van der Waals surface area (Å²) in [6.45, 7) is 11.2. The van der Waals surface area contributed by atoms with E-state index in [0.29, 0.717) is 25.8 Å². The third kappa shape index (κ3) is 9.52. The van der Waals surface area contributed by atoms with Crippen LogP contribution in [0.4, 0.5) is 4.79 Å². The van der Waals surface area contributed by atoms with Crippen LogP contribution in [0, 0.1) is 17.8 Å². The summed E-state index contributed by atoms with van der Waals surface area (Å²) in [5.41, 5.74) is -1.65. The Morgan fingerprint density at radius 1 is 1.15 bits per heavy atom. The molecule has 13 heteroatoms. The molecule has 3 amide bonds. The Hall–Kier alpha value is -2.04. The van der Waals surface area contributed by atoms with Crippen LogP contribution in [0.1, 0.15) is 80.1 Å².